The summed E-state index contributed by atoms with van der Waals surface area (Å²) in [5, 5.41) is 0.0926. The fraction of sp³-hybridized carbons (Fsp3) is 0. The van der Waals surface area contributed by atoms with Crippen LogP contribution in [0.3, 0.4) is 0 Å². The zero-order valence-corrected chi connectivity index (χ0v) is 6.19. The van der Waals surface area contributed by atoms with Crippen LogP contribution < -0.4 is 5.19 Å². The van der Waals surface area contributed by atoms with Gasteiger partial charge in [0.2, 0.25) is 0 Å². The molecular weight excluding hydrogens is 148 g/mol. The molecule has 0 aliphatic heterocycles. The lowest BCUT2D eigenvalue weighted by atomic mass is 10.4. The van der Waals surface area contributed by atoms with E-state index in [1.807, 2.05) is 0 Å². The molecule has 0 saturated heterocycles. The Labute approximate surface area is 59.6 Å². The summed E-state index contributed by atoms with van der Waals surface area (Å²) in [5.41, 5.74) is 0. The molecule has 3 nitrogen and oxygen atoms in total. The van der Waals surface area contributed by atoms with Gasteiger partial charge in [0.05, 0.1) is 0 Å². The van der Waals surface area contributed by atoms with Gasteiger partial charge in [0.1, 0.15) is 0 Å². The van der Waals surface area contributed by atoms with Gasteiger partial charge < -0.3 is 9.59 Å². The molecular formula is C6H7O3Si. The average Bonchev–Trinajstić information content (AvgIpc) is 1.88. The number of hydrogen-bond donors (Lipinski definition) is 2. The van der Waals surface area contributed by atoms with E-state index in [1.54, 1.807) is 18.2 Å². The summed E-state index contributed by atoms with van der Waals surface area (Å²) in [6.45, 7) is 0. The van der Waals surface area contributed by atoms with Crippen molar-refractivity contribution in [3.05, 3.63) is 30.3 Å². The van der Waals surface area contributed by atoms with Gasteiger partial charge in [-0.1, -0.05) is 30.3 Å². The Morgan fingerprint density at radius 2 is 1.60 bits per heavy atom. The normalized spacial score (nSPS) is 11.5. The Bertz CT molecular complexity index is 204. The van der Waals surface area contributed by atoms with E-state index in [0.717, 1.165) is 0 Å². The van der Waals surface area contributed by atoms with Crippen molar-refractivity contribution in [3.8, 4) is 0 Å². The minimum atomic E-state index is -4.28. The van der Waals surface area contributed by atoms with Gasteiger partial charge in [-0.3, -0.25) is 0 Å². The van der Waals surface area contributed by atoms with Gasteiger partial charge in [0, 0.05) is 5.19 Å². The second kappa shape index (κ2) is 2.51. The predicted molar refractivity (Wildman–Crippen MR) is 37.0 cm³/mol. The summed E-state index contributed by atoms with van der Waals surface area (Å²) in [7, 11) is -4.28. The highest BCUT2D eigenvalue weighted by Crippen LogP contribution is 1.90. The third-order valence-corrected chi connectivity index (χ3v) is 2.24. The van der Waals surface area contributed by atoms with Crippen molar-refractivity contribution in [2.24, 2.45) is 0 Å². The van der Waals surface area contributed by atoms with E-state index in [0.29, 0.717) is 0 Å². The molecule has 53 valence electrons. The van der Waals surface area contributed by atoms with E-state index >= 15 is 0 Å². The van der Waals surface area contributed by atoms with Gasteiger partial charge in [-0.05, 0) is 0 Å². The molecule has 0 saturated carbocycles. The van der Waals surface area contributed by atoms with Gasteiger partial charge in [-0.2, -0.15) is 0 Å². The van der Waals surface area contributed by atoms with Gasteiger partial charge in [-0.25, -0.2) is 4.80 Å². The monoisotopic (exact) mass is 155 g/mol. The molecule has 0 unspecified atom stereocenters. The van der Waals surface area contributed by atoms with Crippen molar-refractivity contribution in [2.45, 2.75) is 0 Å². The molecule has 1 aromatic carbocycles. The second-order valence-electron chi connectivity index (χ2n) is 1.97. The Hall–Kier alpha value is -0.683. The molecule has 0 fully saturated rings. The smallest absolute Gasteiger partial charge is 0.385 e. The third-order valence-electron chi connectivity index (χ3n) is 1.15. The molecule has 0 aliphatic rings. The SMILES string of the molecule is [O][Si](O)(O)c1ccccc1. The second-order valence-corrected chi connectivity index (χ2v) is 3.77. The van der Waals surface area contributed by atoms with Crippen molar-refractivity contribution in [2.75, 3.05) is 0 Å². The highest BCUT2D eigenvalue weighted by Gasteiger charge is 2.31. The topological polar surface area (TPSA) is 60.4 Å². The Morgan fingerprint density at radius 3 is 1.90 bits per heavy atom. The summed E-state index contributed by atoms with van der Waals surface area (Å²) in [5.74, 6) is 0. The Morgan fingerprint density at radius 1 is 1.10 bits per heavy atom. The van der Waals surface area contributed by atoms with Crippen LogP contribution in [0.2, 0.25) is 0 Å². The Balaban J connectivity index is 2.97. The van der Waals surface area contributed by atoms with E-state index in [1.165, 1.54) is 12.1 Å². The molecule has 0 atom stereocenters. The number of benzene rings is 1. The molecule has 1 radical (unpaired) electrons. The maximum atomic E-state index is 10.6. The zero-order valence-electron chi connectivity index (χ0n) is 5.19. The van der Waals surface area contributed by atoms with E-state index < -0.39 is 8.80 Å². The van der Waals surface area contributed by atoms with E-state index in [9.17, 15) is 4.80 Å². The van der Waals surface area contributed by atoms with Crippen molar-refractivity contribution in [1.29, 1.82) is 0 Å². The van der Waals surface area contributed by atoms with Gasteiger partial charge >= 0.3 is 8.80 Å². The van der Waals surface area contributed by atoms with E-state index in [4.69, 9.17) is 9.59 Å². The lowest BCUT2D eigenvalue weighted by Crippen LogP contribution is -2.47. The fourth-order valence-corrected chi connectivity index (χ4v) is 1.28. The van der Waals surface area contributed by atoms with Crippen molar-refractivity contribution in [3.63, 3.8) is 0 Å². The summed E-state index contributed by atoms with van der Waals surface area (Å²) in [6, 6.07) is 7.74. The van der Waals surface area contributed by atoms with Crippen molar-refractivity contribution < 1.29 is 14.4 Å². The molecule has 10 heavy (non-hydrogen) atoms. The summed E-state index contributed by atoms with van der Waals surface area (Å²) in [6.07, 6.45) is 0. The van der Waals surface area contributed by atoms with Crippen LogP contribution in [-0.4, -0.2) is 18.4 Å². The van der Waals surface area contributed by atoms with Crippen molar-refractivity contribution in [1.82, 2.24) is 0 Å². The predicted octanol–water partition coefficient (Wildman–Crippen LogP) is -0.752. The highest BCUT2D eigenvalue weighted by molar-refractivity contribution is 6.71. The lowest BCUT2D eigenvalue weighted by Gasteiger charge is -2.05. The summed E-state index contributed by atoms with van der Waals surface area (Å²) < 4.78 is 0. The van der Waals surface area contributed by atoms with Gasteiger partial charge in [-0.15, -0.1) is 0 Å². The van der Waals surface area contributed by atoms with Crippen LogP contribution >= 0.6 is 0 Å². The van der Waals surface area contributed by atoms with E-state index in [2.05, 4.69) is 0 Å². The van der Waals surface area contributed by atoms with Crippen LogP contribution in [0, 0.1) is 0 Å². The molecule has 2 N–H and O–H groups in total. The molecule has 0 aromatic heterocycles. The molecule has 1 rings (SSSR count). The fourth-order valence-electron chi connectivity index (χ4n) is 0.655. The standard InChI is InChI=1S/C6H7O3Si/c7-10(8,9)6-4-2-1-3-5-6/h1-5,7-8H. The number of rotatable bonds is 1. The first-order valence-corrected chi connectivity index (χ1v) is 4.61. The molecule has 0 heterocycles. The molecule has 0 amide bonds. The molecule has 1 aromatic rings. The zero-order chi connectivity index (χ0) is 7.61. The van der Waals surface area contributed by atoms with Gasteiger partial charge in [0.15, 0.2) is 0 Å². The quantitative estimate of drug-likeness (QED) is 0.524. The van der Waals surface area contributed by atoms with Crippen LogP contribution in [-0.2, 0) is 4.80 Å². The first-order chi connectivity index (χ1) is 4.61. The largest absolute Gasteiger partial charge is 0.559 e. The maximum Gasteiger partial charge on any atom is 0.559 e. The third kappa shape index (κ3) is 1.65. The molecule has 0 aliphatic carbocycles. The summed E-state index contributed by atoms with van der Waals surface area (Å²) in [4.78, 5) is 27.8. The van der Waals surface area contributed by atoms with Crippen molar-refractivity contribution >= 4 is 14.0 Å². The van der Waals surface area contributed by atoms with Crippen LogP contribution in [0.15, 0.2) is 30.3 Å². The van der Waals surface area contributed by atoms with Crippen LogP contribution in [0.4, 0.5) is 0 Å². The lowest BCUT2D eigenvalue weighted by molar-refractivity contribution is 0.202. The number of hydrogen-bond acceptors (Lipinski definition) is 2. The maximum absolute atomic E-state index is 10.6. The van der Waals surface area contributed by atoms with E-state index in [-0.39, 0.29) is 5.19 Å². The molecule has 0 spiro atoms. The Kier molecular flexibility index (Phi) is 1.86. The minimum Gasteiger partial charge on any atom is -0.385 e. The molecule has 4 heteroatoms. The average molecular weight is 155 g/mol. The first kappa shape index (κ1) is 7.42. The van der Waals surface area contributed by atoms with Crippen LogP contribution in [0.25, 0.3) is 0 Å². The summed E-state index contributed by atoms with van der Waals surface area (Å²) >= 11 is 0. The van der Waals surface area contributed by atoms with Crippen LogP contribution in [0.1, 0.15) is 0 Å². The first-order valence-electron chi connectivity index (χ1n) is 2.81. The highest BCUT2D eigenvalue weighted by atomic mass is 28.4. The van der Waals surface area contributed by atoms with Gasteiger partial charge in [0.25, 0.3) is 0 Å². The minimum absolute atomic E-state index is 0.0926. The molecule has 0 bridgehead atoms. The van der Waals surface area contributed by atoms with Crippen LogP contribution in [0.5, 0.6) is 0 Å².